The second-order valence-electron chi connectivity index (χ2n) is 6.70. The Labute approximate surface area is 171 Å². The summed E-state index contributed by atoms with van der Waals surface area (Å²) in [5.41, 5.74) is 0.230. The molecular weight excluding hydrogens is 403 g/mol. The fourth-order valence-electron chi connectivity index (χ4n) is 3.25. The highest BCUT2D eigenvalue weighted by Gasteiger charge is 2.33. The van der Waals surface area contributed by atoms with Crippen molar-refractivity contribution in [1.29, 1.82) is 0 Å². The second kappa shape index (κ2) is 9.34. The molecule has 2 heterocycles. The zero-order valence-electron chi connectivity index (χ0n) is 16.3. The highest BCUT2D eigenvalue weighted by Crippen LogP contribution is 2.32. The lowest BCUT2D eigenvalue weighted by molar-refractivity contribution is -0.140. The summed E-state index contributed by atoms with van der Waals surface area (Å²) in [7, 11) is 3.30. The van der Waals surface area contributed by atoms with Crippen LogP contribution in [0, 0.1) is 5.92 Å². The minimum atomic E-state index is -4.41. The van der Waals surface area contributed by atoms with Crippen molar-refractivity contribution in [2.75, 3.05) is 38.7 Å². The maximum atomic E-state index is 12.6. The molecule has 3 rings (SSSR count). The van der Waals surface area contributed by atoms with E-state index in [0.29, 0.717) is 16.9 Å². The van der Waals surface area contributed by atoms with Crippen LogP contribution in [0.3, 0.4) is 0 Å². The number of hydrogen-bond donors (Lipinski definition) is 2. The Balaban J connectivity index is 1.47. The maximum absolute atomic E-state index is 12.6. The van der Waals surface area contributed by atoms with E-state index in [1.54, 1.807) is 14.2 Å². The summed E-state index contributed by atoms with van der Waals surface area (Å²) < 4.78 is 43.4. The number of anilines is 1. The first-order valence-corrected chi connectivity index (χ1v) is 10.1. The summed E-state index contributed by atoms with van der Waals surface area (Å²) in [5.74, 6) is 1.83. The number of thiazole rings is 1. The SMILES string of the molecule is CN=C(NCc1nc(C(F)(F)F)cs1)NCC1CCN(c2ccccc2OC)C1. The number of guanidine groups is 1. The Kier molecular flexibility index (Phi) is 6.83. The summed E-state index contributed by atoms with van der Waals surface area (Å²) >= 11 is 0.979. The number of methoxy groups -OCH3 is 1. The highest BCUT2D eigenvalue weighted by atomic mass is 32.1. The van der Waals surface area contributed by atoms with E-state index in [2.05, 4.69) is 31.6 Å². The minimum Gasteiger partial charge on any atom is -0.495 e. The Morgan fingerprint density at radius 1 is 1.34 bits per heavy atom. The molecule has 10 heteroatoms. The average molecular weight is 427 g/mol. The fraction of sp³-hybridized carbons (Fsp3) is 0.474. The van der Waals surface area contributed by atoms with Gasteiger partial charge in [0.1, 0.15) is 10.8 Å². The van der Waals surface area contributed by atoms with E-state index in [9.17, 15) is 13.2 Å². The molecule has 1 aromatic heterocycles. The number of hydrogen-bond acceptors (Lipinski definition) is 5. The molecule has 0 spiro atoms. The molecule has 29 heavy (non-hydrogen) atoms. The molecule has 1 saturated heterocycles. The van der Waals surface area contributed by atoms with Gasteiger partial charge >= 0.3 is 6.18 Å². The molecule has 1 aliphatic rings. The normalized spacial score (nSPS) is 17.5. The van der Waals surface area contributed by atoms with Crippen LogP contribution in [0.1, 0.15) is 17.1 Å². The third kappa shape index (κ3) is 5.53. The zero-order valence-corrected chi connectivity index (χ0v) is 17.1. The van der Waals surface area contributed by atoms with Crippen molar-refractivity contribution in [3.05, 3.63) is 40.3 Å². The van der Waals surface area contributed by atoms with Crippen LogP contribution in [0.25, 0.3) is 0 Å². The number of ether oxygens (including phenoxy) is 1. The number of aromatic nitrogens is 1. The molecule has 2 aromatic rings. The molecule has 0 bridgehead atoms. The number of benzene rings is 1. The van der Waals surface area contributed by atoms with Crippen LogP contribution in [0.5, 0.6) is 5.75 Å². The van der Waals surface area contributed by atoms with Gasteiger partial charge in [-0.3, -0.25) is 4.99 Å². The van der Waals surface area contributed by atoms with E-state index in [4.69, 9.17) is 4.74 Å². The van der Waals surface area contributed by atoms with Gasteiger partial charge in [0.2, 0.25) is 0 Å². The molecule has 0 aliphatic carbocycles. The third-order valence-electron chi connectivity index (χ3n) is 4.74. The molecule has 0 radical (unpaired) electrons. The Morgan fingerprint density at radius 3 is 2.83 bits per heavy atom. The largest absolute Gasteiger partial charge is 0.495 e. The number of halogens is 3. The quantitative estimate of drug-likeness (QED) is 0.547. The standard InChI is InChI=1S/C19H24F3N5OS/c1-23-18(25-10-17-26-16(12-29-17)19(20,21)22)24-9-13-7-8-27(11-13)14-5-3-4-6-15(14)28-2/h3-6,12-13H,7-11H2,1-2H3,(H2,23,24,25). The first-order valence-electron chi connectivity index (χ1n) is 9.24. The molecule has 0 amide bonds. The van der Waals surface area contributed by atoms with Gasteiger partial charge in [0.05, 0.1) is 19.3 Å². The van der Waals surface area contributed by atoms with Crippen LogP contribution >= 0.6 is 11.3 Å². The van der Waals surface area contributed by atoms with Gasteiger partial charge in [-0.15, -0.1) is 11.3 Å². The monoisotopic (exact) mass is 427 g/mol. The summed E-state index contributed by atoms with van der Waals surface area (Å²) in [6.07, 6.45) is -3.38. The van der Waals surface area contributed by atoms with Gasteiger partial charge in [0.15, 0.2) is 11.7 Å². The molecule has 1 atom stereocenters. The lowest BCUT2D eigenvalue weighted by Gasteiger charge is -2.21. The van der Waals surface area contributed by atoms with Gasteiger partial charge < -0.3 is 20.3 Å². The molecular formula is C19H24F3N5OS. The van der Waals surface area contributed by atoms with Crippen molar-refractivity contribution < 1.29 is 17.9 Å². The summed E-state index contributed by atoms with van der Waals surface area (Å²) in [5, 5.41) is 7.67. The van der Waals surface area contributed by atoms with E-state index in [0.717, 1.165) is 54.2 Å². The smallest absolute Gasteiger partial charge is 0.434 e. The maximum Gasteiger partial charge on any atom is 0.434 e. The summed E-state index contributed by atoms with van der Waals surface area (Å²) in [6, 6.07) is 7.96. The van der Waals surface area contributed by atoms with Crippen LogP contribution < -0.4 is 20.3 Å². The fourth-order valence-corrected chi connectivity index (χ4v) is 3.99. The Hall–Kier alpha value is -2.49. The van der Waals surface area contributed by atoms with Gasteiger partial charge in [-0.1, -0.05) is 12.1 Å². The van der Waals surface area contributed by atoms with Crippen molar-refractivity contribution in [2.45, 2.75) is 19.1 Å². The van der Waals surface area contributed by atoms with Crippen molar-refractivity contribution in [1.82, 2.24) is 15.6 Å². The molecule has 158 valence electrons. The van der Waals surface area contributed by atoms with Crippen molar-refractivity contribution in [2.24, 2.45) is 10.9 Å². The number of alkyl halides is 3. The van der Waals surface area contributed by atoms with Crippen LogP contribution in [0.2, 0.25) is 0 Å². The van der Waals surface area contributed by atoms with Crippen LogP contribution in [-0.2, 0) is 12.7 Å². The Morgan fingerprint density at radius 2 is 2.14 bits per heavy atom. The van der Waals surface area contributed by atoms with Gasteiger partial charge in [-0.2, -0.15) is 13.2 Å². The predicted molar refractivity (Wildman–Crippen MR) is 109 cm³/mol. The average Bonchev–Trinajstić information content (AvgIpc) is 3.37. The van der Waals surface area contributed by atoms with Crippen LogP contribution in [-0.4, -0.2) is 44.7 Å². The van der Waals surface area contributed by atoms with E-state index in [-0.39, 0.29) is 6.54 Å². The topological polar surface area (TPSA) is 61.8 Å². The van der Waals surface area contributed by atoms with Crippen molar-refractivity contribution >= 4 is 23.0 Å². The van der Waals surface area contributed by atoms with E-state index in [1.165, 1.54) is 0 Å². The first kappa shape index (κ1) is 21.2. The lowest BCUT2D eigenvalue weighted by Crippen LogP contribution is -2.40. The molecule has 1 aliphatic heterocycles. The molecule has 1 aromatic carbocycles. The van der Waals surface area contributed by atoms with E-state index < -0.39 is 11.9 Å². The third-order valence-corrected chi connectivity index (χ3v) is 5.59. The predicted octanol–water partition coefficient (Wildman–Crippen LogP) is 3.36. The van der Waals surface area contributed by atoms with Gasteiger partial charge in [-0.05, 0) is 24.5 Å². The summed E-state index contributed by atoms with van der Waals surface area (Å²) in [4.78, 5) is 10.1. The number of nitrogens with zero attached hydrogens (tertiary/aromatic N) is 3. The van der Waals surface area contributed by atoms with Crippen molar-refractivity contribution in [3.63, 3.8) is 0 Å². The highest BCUT2D eigenvalue weighted by molar-refractivity contribution is 7.09. The lowest BCUT2D eigenvalue weighted by atomic mass is 10.1. The zero-order chi connectivity index (χ0) is 20.9. The molecule has 2 N–H and O–H groups in total. The van der Waals surface area contributed by atoms with Crippen molar-refractivity contribution in [3.8, 4) is 5.75 Å². The minimum absolute atomic E-state index is 0.193. The molecule has 0 saturated carbocycles. The summed E-state index contributed by atoms with van der Waals surface area (Å²) in [6.45, 7) is 2.75. The molecule has 6 nitrogen and oxygen atoms in total. The van der Waals surface area contributed by atoms with Crippen LogP contribution in [0.15, 0.2) is 34.6 Å². The number of rotatable bonds is 6. The molecule has 1 unspecified atom stereocenters. The molecule has 1 fully saturated rings. The Bertz CT molecular complexity index is 839. The van der Waals surface area contributed by atoms with Gasteiger partial charge in [-0.25, -0.2) is 4.98 Å². The van der Waals surface area contributed by atoms with Gasteiger partial charge in [0.25, 0.3) is 0 Å². The number of para-hydroxylation sites is 2. The van der Waals surface area contributed by atoms with Gasteiger partial charge in [0, 0.05) is 32.1 Å². The number of aliphatic imine (C=N–C) groups is 1. The first-order chi connectivity index (χ1) is 13.9. The van der Waals surface area contributed by atoms with Crippen LogP contribution in [0.4, 0.5) is 18.9 Å². The van der Waals surface area contributed by atoms with E-state index >= 15 is 0 Å². The second-order valence-corrected chi connectivity index (χ2v) is 7.65. The number of nitrogens with one attached hydrogen (secondary N) is 2. The van der Waals surface area contributed by atoms with E-state index in [1.807, 2.05) is 18.2 Å².